The molecular formula is C13H18Cl2N2O2S. The molecule has 20 heavy (non-hydrogen) atoms. The van der Waals surface area contributed by atoms with Crippen LogP contribution < -0.4 is 5.14 Å². The van der Waals surface area contributed by atoms with E-state index in [4.69, 9.17) is 28.3 Å². The molecule has 0 unspecified atom stereocenters. The van der Waals surface area contributed by atoms with Crippen LogP contribution in [0.15, 0.2) is 18.2 Å². The molecule has 7 heteroatoms. The molecule has 0 bridgehead atoms. The molecule has 1 aromatic carbocycles. The zero-order valence-electron chi connectivity index (χ0n) is 11.1. The molecule has 1 saturated heterocycles. The summed E-state index contributed by atoms with van der Waals surface area (Å²) in [7, 11) is -3.41. The van der Waals surface area contributed by atoms with Crippen molar-refractivity contribution >= 4 is 33.2 Å². The lowest BCUT2D eigenvalue weighted by atomic mass is 9.99. The molecule has 2 rings (SSSR count). The average Bonchev–Trinajstić information content (AvgIpc) is 2.32. The standard InChI is InChI=1S/C13H18Cl2N2O2S/c14-12-3-4-13(15)11(6-12)8-17-5-1-2-10(7-17)9-20(16,18)19/h3-4,6,10H,1-2,5,7-9H2,(H2,16,18,19)/t10-/m1/s1. The van der Waals surface area contributed by atoms with Crippen molar-refractivity contribution < 1.29 is 8.42 Å². The van der Waals surface area contributed by atoms with Gasteiger partial charge in [-0.15, -0.1) is 0 Å². The minimum absolute atomic E-state index is 0.0484. The van der Waals surface area contributed by atoms with Gasteiger partial charge in [0.15, 0.2) is 0 Å². The van der Waals surface area contributed by atoms with E-state index in [-0.39, 0.29) is 11.7 Å². The monoisotopic (exact) mass is 336 g/mol. The summed E-state index contributed by atoms with van der Waals surface area (Å²) in [5, 5.41) is 6.46. The van der Waals surface area contributed by atoms with E-state index in [1.807, 2.05) is 6.07 Å². The molecule has 0 radical (unpaired) electrons. The SMILES string of the molecule is NS(=O)(=O)C[C@@H]1CCCN(Cc2cc(Cl)ccc2Cl)C1. The van der Waals surface area contributed by atoms with Crippen LogP contribution in [0.25, 0.3) is 0 Å². The Morgan fingerprint density at radius 3 is 2.80 bits per heavy atom. The lowest BCUT2D eigenvalue weighted by Crippen LogP contribution is -2.38. The first-order valence-electron chi connectivity index (χ1n) is 6.50. The third kappa shape index (κ3) is 4.90. The van der Waals surface area contributed by atoms with Crippen LogP contribution in [0, 0.1) is 5.92 Å². The number of nitrogens with two attached hydrogens (primary N) is 1. The molecule has 0 aromatic heterocycles. The van der Waals surface area contributed by atoms with Gasteiger partial charge in [0.05, 0.1) is 5.75 Å². The summed E-state index contributed by atoms with van der Waals surface area (Å²) in [4.78, 5) is 2.21. The summed E-state index contributed by atoms with van der Waals surface area (Å²) < 4.78 is 22.4. The Morgan fingerprint density at radius 1 is 1.35 bits per heavy atom. The van der Waals surface area contributed by atoms with Crippen molar-refractivity contribution in [2.45, 2.75) is 19.4 Å². The molecule has 0 aliphatic carbocycles. The molecule has 0 spiro atoms. The Labute approximate surface area is 129 Å². The molecule has 1 aliphatic heterocycles. The maximum absolute atomic E-state index is 11.2. The molecule has 1 atom stereocenters. The Kier molecular flexibility index (Phi) is 5.31. The van der Waals surface area contributed by atoms with Crippen LogP contribution in [0.2, 0.25) is 10.0 Å². The fraction of sp³-hybridized carbons (Fsp3) is 0.538. The minimum Gasteiger partial charge on any atom is -0.299 e. The van der Waals surface area contributed by atoms with Gasteiger partial charge in [-0.25, -0.2) is 13.6 Å². The lowest BCUT2D eigenvalue weighted by Gasteiger charge is -2.32. The van der Waals surface area contributed by atoms with Gasteiger partial charge in [0.25, 0.3) is 0 Å². The first-order valence-corrected chi connectivity index (χ1v) is 8.97. The number of primary sulfonamides is 1. The summed E-state index contributed by atoms with van der Waals surface area (Å²) in [5.41, 5.74) is 0.968. The average molecular weight is 337 g/mol. The van der Waals surface area contributed by atoms with Crippen LogP contribution >= 0.6 is 23.2 Å². The second kappa shape index (κ2) is 6.62. The Hall–Kier alpha value is -0.330. The minimum atomic E-state index is -3.41. The van der Waals surface area contributed by atoms with Crippen LogP contribution in [0.1, 0.15) is 18.4 Å². The van der Waals surface area contributed by atoms with Crippen molar-refractivity contribution in [3.63, 3.8) is 0 Å². The Bertz CT molecular complexity index is 578. The third-order valence-corrected chi connectivity index (χ3v) is 5.01. The van der Waals surface area contributed by atoms with Gasteiger partial charge >= 0.3 is 0 Å². The lowest BCUT2D eigenvalue weighted by molar-refractivity contribution is 0.178. The molecule has 0 saturated carbocycles. The van der Waals surface area contributed by atoms with Gasteiger partial charge in [0.2, 0.25) is 10.0 Å². The molecule has 4 nitrogen and oxygen atoms in total. The van der Waals surface area contributed by atoms with E-state index in [0.717, 1.165) is 31.5 Å². The second-order valence-corrected chi connectivity index (χ2v) is 7.81. The molecule has 2 N–H and O–H groups in total. The highest BCUT2D eigenvalue weighted by Crippen LogP contribution is 2.25. The number of sulfonamides is 1. The number of halogens is 2. The third-order valence-electron chi connectivity index (χ3n) is 3.47. The highest BCUT2D eigenvalue weighted by molar-refractivity contribution is 7.89. The van der Waals surface area contributed by atoms with E-state index < -0.39 is 10.0 Å². The summed E-state index contributed by atoms with van der Waals surface area (Å²) in [6.45, 7) is 2.34. The smallest absolute Gasteiger partial charge is 0.209 e. The summed E-state index contributed by atoms with van der Waals surface area (Å²) >= 11 is 12.1. The van der Waals surface area contributed by atoms with Crippen molar-refractivity contribution in [1.82, 2.24) is 4.90 Å². The first-order chi connectivity index (χ1) is 9.33. The van der Waals surface area contributed by atoms with E-state index >= 15 is 0 Å². The molecule has 1 fully saturated rings. The van der Waals surface area contributed by atoms with Crippen LogP contribution in [0.4, 0.5) is 0 Å². The van der Waals surface area contributed by atoms with Crippen LogP contribution in [-0.2, 0) is 16.6 Å². The number of rotatable bonds is 4. The number of piperidine rings is 1. The topological polar surface area (TPSA) is 63.4 Å². The molecule has 1 aromatic rings. The quantitative estimate of drug-likeness (QED) is 0.918. The molecule has 1 aliphatic rings. The van der Waals surface area contributed by atoms with Crippen molar-refractivity contribution in [2.24, 2.45) is 11.1 Å². The van der Waals surface area contributed by atoms with Gasteiger partial charge in [0.1, 0.15) is 0 Å². The Morgan fingerprint density at radius 2 is 2.10 bits per heavy atom. The van der Waals surface area contributed by atoms with E-state index in [1.165, 1.54) is 0 Å². The summed E-state index contributed by atoms with van der Waals surface area (Å²) in [6, 6.07) is 5.39. The van der Waals surface area contributed by atoms with Gasteiger partial charge in [-0.05, 0) is 49.1 Å². The number of likely N-dealkylation sites (tertiary alicyclic amines) is 1. The van der Waals surface area contributed by atoms with Crippen molar-refractivity contribution in [1.29, 1.82) is 0 Å². The number of benzene rings is 1. The molecular weight excluding hydrogens is 319 g/mol. The van der Waals surface area contributed by atoms with E-state index in [2.05, 4.69) is 4.90 Å². The van der Waals surface area contributed by atoms with Crippen molar-refractivity contribution in [3.8, 4) is 0 Å². The molecule has 1 heterocycles. The highest BCUT2D eigenvalue weighted by atomic mass is 35.5. The van der Waals surface area contributed by atoms with Gasteiger partial charge < -0.3 is 0 Å². The second-order valence-electron chi connectivity index (χ2n) is 5.31. The van der Waals surface area contributed by atoms with Gasteiger partial charge in [0, 0.05) is 23.1 Å². The van der Waals surface area contributed by atoms with Crippen LogP contribution in [-0.4, -0.2) is 32.2 Å². The first kappa shape index (κ1) is 16.0. The fourth-order valence-corrected chi connectivity index (χ4v) is 3.97. The summed E-state index contributed by atoms with van der Waals surface area (Å²) in [6.07, 6.45) is 1.87. The maximum atomic E-state index is 11.2. The predicted molar refractivity (Wildman–Crippen MR) is 82.4 cm³/mol. The summed E-state index contributed by atoms with van der Waals surface area (Å²) in [5.74, 6) is 0.143. The molecule has 112 valence electrons. The Balaban J connectivity index is 2.01. The largest absolute Gasteiger partial charge is 0.299 e. The van der Waals surface area contributed by atoms with Gasteiger partial charge in [-0.2, -0.15) is 0 Å². The highest BCUT2D eigenvalue weighted by Gasteiger charge is 2.23. The van der Waals surface area contributed by atoms with E-state index in [1.54, 1.807) is 12.1 Å². The maximum Gasteiger partial charge on any atom is 0.209 e. The van der Waals surface area contributed by atoms with E-state index in [9.17, 15) is 8.42 Å². The number of hydrogen-bond donors (Lipinski definition) is 1. The number of nitrogens with zero attached hydrogens (tertiary/aromatic N) is 1. The number of hydrogen-bond acceptors (Lipinski definition) is 3. The van der Waals surface area contributed by atoms with Crippen molar-refractivity contribution in [2.75, 3.05) is 18.8 Å². The van der Waals surface area contributed by atoms with Gasteiger partial charge in [-0.1, -0.05) is 23.2 Å². The van der Waals surface area contributed by atoms with Crippen molar-refractivity contribution in [3.05, 3.63) is 33.8 Å². The fourth-order valence-electron chi connectivity index (χ4n) is 2.66. The predicted octanol–water partition coefficient (Wildman–Crippen LogP) is 2.49. The van der Waals surface area contributed by atoms with Gasteiger partial charge in [-0.3, -0.25) is 4.90 Å². The van der Waals surface area contributed by atoms with E-state index in [0.29, 0.717) is 16.6 Å². The zero-order valence-corrected chi connectivity index (χ0v) is 13.4. The van der Waals surface area contributed by atoms with Crippen LogP contribution in [0.5, 0.6) is 0 Å². The normalized spacial score (nSPS) is 21.1. The zero-order chi connectivity index (χ0) is 14.8. The van der Waals surface area contributed by atoms with Crippen LogP contribution in [0.3, 0.4) is 0 Å². The molecule has 0 amide bonds.